The first-order chi connectivity index (χ1) is 11.2. The maximum absolute atomic E-state index is 12.6. The van der Waals surface area contributed by atoms with E-state index in [2.05, 4.69) is 22.8 Å². The minimum atomic E-state index is 0.201. The van der Waals surface area contributed by atoms with Crippen molar-refractivity contribution in [3.63, 3.8) is 0 Å². The van der Waals surface area contributed by atoms with Gasteiger partial charge >= 0.3 is 0 Å². The number of nitrogens with two attached hydrogens (primary N) is 1. The van der Waals surface area contributed by atoms with Crippen molar-refractivity contribution in [3.05, 3.63) is 23.8 Å². The summed E-state index contributed by atoms with van der Waals surface area (Å²) < 4.78 is 5.69. The smallest absolute Gasteiger partial charge is 0.242 e. The first-order valence-corrected chi connectivity index (χ1v) is 8.36. The van der Waals surface area contributed by atoms with Crippen LogP contribution in [0.4, 0.5) is 5.69 Å². The van der Waals surface area contributed by atoms with E-state index in [-0.39, 0.29) is 5.91 Å². The Labute approximate surface area is 137 Å². The summed E-state index contributed by atoms with van der Waals surface area (Å²) in [7, 11) is 0. The van der Waals surface area contributed by atoms with Gasteiger partial charge in [-0.05, 0) is 24.6 Å². The number of rotatable bonds is 4. The van der Waals surface area contributed by atoms with Gasteiger partial charge in [0.05, 0.1) is 18.8 Å². The Kier molecular flexibility index (Phi) is 5.03. The monoisotopic (exact) mass is 318 g/mol. The average molecular weight is 318 g/mol. The molecule has 3 rings (SSSR count). The number of anilines is 1. The van der Waals surface area contributed by atoms with Gasteiger partial charge in [0.15, 0.2) is 0 Å². The lowest BCUT2D eigenvalue weighted by Crippen LogP contribution is -2.52. The molecule has 6 nitrogen and oxygen atoms in total. The van der Waals surface area contributed by atoms with Crippen molar-refractivity contribution in [1.82, 2.24) is 9.80 Å². The van der Waals surface area contributed by atoms with E-state index in [9.17, 15) is 4.79 Å². The lowest BCUT2D eigenvalue weighted by molar-refractivity contribution is -0.131. The molecule has 0 unspecified atom stereocenters. The van der Waals surface area contributed by atoms with Crippen molar-refractivity contribution in [3.8, 4) is 5.75 Å². The summed E-state index contributed by atoms with van der Waals surface area (Å²) in [6.45, 7) is 8.90. The fourth-order valence-electron chi connectivity index (χ4n) is 3.21. The highest BCUT2D eigenvalue weighted by Crippen LogP contribution is 2.32. The van der Waals surface area contributed by atoms with Crippen LogP contribution in [0.5, 0.6) is 5.75 Å². The lowest BCUT2D eigenvalue weighted by Gasteiger charge is -2.37. The fraction of sp³-hybridized carbons (Fsp3) is 0.588. The summed E-state index contributed by atoms with van der Waals surface area (Å²) in [6.07, 6.45) is 0. The van der Waals surface area contributed by atoms with Crippen molar-refractivity contribution in [2.75, 3.05) is 63.9 Å². The third-order valence-corrected chi connectivity index (χ3v) is 4.57. The molecule has 0 spiro atoms. The first kappa shape index (κ1) is 16.1. The van der Waals surface area contributed by atoms with Gasteiger partial charge in [0, 0.05) is 39.3 Å². The number of aryl methyl sites for hydroxylation is 1. The number of carbonyl (C=O) groups excluding carboxylic acids is 1. The maximum Gasteiger partial charge on any atom is 0.242 e. The predicted molar refractivity (Wildman–Crippen MR) is 91.0 cm³/mol. The van der Waals surface area contributed by atoms with Crippen molar-refractivity contribution < 1.29 is 9.53 Å². The van der Waals surface area contributed by atoms with E-state index in [1.54, 1.807) is 0 Å². The molecule has 1 aromatic carbocycles. The molecule has 2 N–H and O–H groups in total. The Morgan fingerprint density at radius 2 is 2.00 bits per heavy atom. The Morgan fingerprint density at radius 3 is 2.74 bits per heavy atom. The highest BCUT2D eigenvalue weighted by Gasteiger charge is 2.25. The maximum atomic E-state index is 12.6. The standard InChI is InChI=1S/C17H26N4O2/c1-14-2-3-16-15(12-14)21(10-11-23-16)13-17(22)20-8-6-19(5-4-18)7-9-20/h2-3,12H,4-11,13,18H2,1H3. The number of piperazine rings is 1. The molecule has 0 aromatic heterocycles. The molecular formula is C17H26N4O2. The second-order valence-corrected chi connectivity index (χ2v) is 6.25. The van der Waals surface area contributed by atoms with Gasteiger partial charge in [-0.1, -0.05) is 6.07 Å². The van der Waals surface area contributed by atoms with Crippen LogP contribution in [0.25, 0.3) is 0 Å². The van der Waals surface area contributed by atoms with Gasteiger partial charge in [0.1, 0.15) is 12.4 Å². The number of amides is 1. The van der Waals surface area contributed by atoms with Crippen LogP contribution < -0.4 is 15.4 Å². The minimum absolute atomic E-state index is 0.201. The molecule has 1 saturated heterocycles. The molecule has 6 heteroatoms. The molecule has 0 radical (unpaired) electrons. The Hall–Kier alpha value is -1.79. The zero-order chi connectivity index (χ0) is 16.2. The molecule has 23 heavy (non-hydrogen) atoms. The second-order valence-electron chi connectivity index (χ2n) is 6.25. The van der Waals surface area contributed by atoms with E-state index in [1.165, 1.54) is 5.56 Å². The number of hydrogen-bond acceptors (Lipinski definition) is 5. The molecule has 1 fully saturated rings. The number of fused-ring (bicyclic) bond motifs is 1. The largest absolute Gasteiger partial charge is 0.490 e. The van der Waals surface area contributed by atoms with Crippen LogP contribution in [0, 0.1) is 6.92 Å². The van der Waals surface area contributed by atoms with Gasteiger partial charge in [0.2, 0.25) is 5.91 Å². The average Bonchev–Trinajstić information content (AvgIpc) is 2.56. The second kappa shape index (κ2) is 7.19. The Balaban J connectivity index is 1.60. The van der Waals surface area contributed by atoms with Crippen LogP contribution in [0.2, 0.25) is 0 Å². The highest BCUT2D eigenvalue weighted by molar-refractivity contribution is 5.82. The molecular weight excluding hydrogens is 292 g/mol. The topological polar surface area (TPSA) is 62.0 Å². The molecule has 1 aromatic rings. The van der Waals surface area contributed by atoms with Gasteiger partial charge in [-0.15, -0.1) is 0 Å². The van der Waals surface area contributed by atoms with E-state index in [0.29, 0.717) is 19.7 Å². The number of benzene rings is 1. The van der Waals surface area contributed by atoms with Crippen LogP contribution in [-0.4, -0.2) is 74.7 Å². The molecule has 0 aliphatic carbocycles. The molecule has 0 atom stereocenters. The molecule has 2 aliphatic rings. The van der Waals surface area contributed by atoms with Crippen molar-refractivity contribution >= 4 is 11.6 Å². The van der Waals surface area contributed by atoms with Crippen molar-refractivity contribution in [1.29, 1.82) is 0 Å². The van der Waals surface area contributed by atoms with Gasteiger partial charge in [0.25, 0.3) is 0 Å². The van der Waals surface area contributed by atoms with E-state index in [0.717, 1.165) is 50.7 Å². The van der Waals surface area contributed by atoms with E-state index < -0.39 is 0 Å². The quantitative estimate of drug-likeness (QED) is 0.865. The van der Waals surface area contributed by atoms with Crippen LogP contribution in [-0.2, 0) is 4.79 Å². The molecule has 2 heterocycles. The fourth-order valence-corrected chi connectivity index (χ4v) is 3.21. The third-order valence-electron chi connectivity index (χ3n) is 4.57. The zero-order valence-corrected chi connectivity index (χ0v) is 13.8. The Bertz CT molecular complexity index is 556. The van der Waals surface area contributed by atoms with Crippen LogP contribution in [0.15, 0.2) is 18.2 Å². The summed E-state index contributed by atoms with van der Waals surface area (Å²) in [5.74, 6) is 1.08. The van der Waals surface area contributed by atoms with Crippen molar-refractivity contribution in [2.24, 2.45) is 5.73 Å². The van der Waals surface area contributed by atoms with Crippen LogP contribution in [0.3, 0.4) is 0 Å². The predicted octanol–water partition coefficient (Wildman–Crippen LogP) is 0.297. The zero-order valence-electron chi connectivity index (χ0n) is 13.8. The first-order valence-electron chi connectivity index (χ1n) is 8.36. The summed E-state index contributed by atoms with van der Waals surface area (Å²) in [4.78, 5) is 19.1. The third kappa shape index (κ3) is 3.76. The number of carbonyl (C=O) groups is 1. The number of ether oxygens (including phenoxy) is 1. The van der Waals surface area contributed by atoms with E-state index in [1.807, 2.05) is 17.0 Å². The lowest BCUT2D eigenvalue weighted by atomic mass is 10.1. The molecule has 2 aliphatic heterocycles. The molecule has 0 bridgehead atoms. The normalized spacial score (nSPS) is 18.5. The molecule has 126 valence electrons. The van der Waals surface area contributed by atoms with Crippen LogP contribution in [0.1, 0.15) is 5.56 Å². The van der Waals surface area contributed by atoms with Gasteiger partial charge in [-0.2, -0.15) is 0 Å². The van der Waals surface area contributed by atoms with Crippen LogP contribution >= 0.6 is 0 Å². The van der Waals surface area contributed by atoms with Gasteiger partial charge in [-0.3, -0.25) is 9.69 Å². The molecule has 1 amide bonds. The van der Waals surface area contributed by atoms with Gasteiger partial charge in [-0.25, -0.2) is 0 Å². The Morgan fingerprint density at radius 1 is 1.22 bits per heavy atom. The SMILES string of the molecule is Cc1ccc2c(c1)N(CC(=O)N1CCN(CCN)CC1)CCO2. The van der Waals surface area contributed by atoms with Gasteiger partial charge < -0.3 is 20.3 Å². The number of hydrogen-bond donors (Lipinski definition) is 1. The summed E-state index contributed by atoms with van der Waals surface area (Å²) in [5.41, 5.74) is 7.81. The summed E-state index contributed by atoms with van der Waals surface area (Å²) in [6, 6.07) is 6.13. The summed E-state index contributed by atoms with van der Waals surface area (Å²) in [5, 5.41) is 0. The molecule has 0 saturated carbocycles. The highest BCUT2D eigenvalue weighted by atomic mass is 16.5. The van der Waals surface area contributed by atoms with E-state index in [4.69, 9.17) is 10.5 Å². The van der Waals surface area contributed by atoms with E-state index >= 15 is 0 Å². The van der Waals surface area contributed by atoms with Crippen molar-refractivity contribution in [2.45, 2.75) is 6.92 Å². The minimum Gasteiger partial charge on any atom is -0.490 e. The summed E-state index contributed by atoms with van der Waals surface area (Å²) >= 11 is 0. The number of nitrogens with zero attached hydrogens (tertiary/aromatic N) is 3.